The lowest BCUT2D eigenvalue weighted by Crippen LogP contribution is -2.28. The van der Waals surface area contributed by atoms with Gasteiger partial charge in [-0.05, 0) is 57.2 Å². The van der Waals surface area contributed by atoms with Crippen molar-refractivity contribution in [2.24, 2.45) is 5.92 Å². The van der Waals surface area contributed by atoms with Crippen molar-refractivity contribution >= 4 is 23.3 Å². The molecule has 6 heteroatoms. The number of carbonyl (C=O) groups excluding carboxylic acids is 2. The van der Waals surface area contributed by atoms with Gasteiger partial charge in [-0.25, -0.2) is 4.98 Å². The van der Waals surface area contributed by atoms with Crippen molar-refractivity contribution in [3.63, 3.8) is 0 Å². The van der Waals surface area contributed by atoms with Crippen LogP contribution in [0.2, 0.25) is 0 Å². The summed E-state index contributed by atoms with van der Waals surface area (Å²) in [5, 5.41) is 2.80. The van der Waals surface area contributed by atoms with Crippen LogP contribution in [0.3, 0.4) is 0 Å². The summed E-state index contributed by atoms with van der Waals surface area (Å²) < 4.78 is 5.62. The van der Waals surface area contributed by atoms with Gasteiger partial charge in [-0.15, -0.1) is 0 Å². The van der Waals surface area contributed by atoms with Gasteiger partial charge in [0.1, 0.15) is 11.6 Å². The lowest BCUT2D eigenvalue weighted by atomic mass is 10.1. The number of hydrogen-bond acceptors (Lipinski definition) is 4. The minimum Gasteiger partial charge on any atom is -0.491 e. The van der Waals surface area contributed by atoms with E-state index in [0.717, 1.165) is 17.1 Å². The first kappa shape index (κ1) is 17.9. The number of anilines is 2. The highest BCUT2D eigenvalue weighted by atomic mass is 16.5. The van der Waals surface area contributed by atoms with E-state index >= 15 is 0 Å². The third-order valence-electron chi connectivity index (χ3n) is 4.16. The van der Waals surface area contributed by atoms with E-state index in [1.165, 1.54) is 0 Å². The zero-order chi connectivity index (χ0) is 18.7. The molecule has 1 saturated heterocycles. The second-order valence-electron chi connectivity index (χ2n) is 6.72. The number of aromatic nitrogens is 1. The largest absolute Gasteiger partial charge is 0.491 e. The summed E-state index contributed by atoms with van der Waals surface area (Å²) in [6, 6.07) is 12.8. The molecule has 3 rings (SSSR count). The number of nitrogens with zero attached hydrogens (tertiary/aromatic N) is 2. The van der Waals surface area contributed by atoms with Gasteiger partial charge < -0.3 is 15.0 Å². The zero-order valence-electron chi connectivity index (χ0n) is 15.2. The van der Waals surface area contributed by atoms with Crippen LogP contribution < -0.4 is 15.0 Å². The molecule has 0 aliphatic carbocycles. The van der Waals surface area contributed by atoms with Crippen molar-refractivity contribution in [1.82, 2.24) is 4.98 Å². The van der Waals surface area contributed by atoms with Gasteiger partial charge in [0.25, 0.3) is 0 Å². The first-order chi connectivity index (χ1) is 12.4. The molecule has 1 atom stereocenters. The Morgan fingerprint density at radius 1 is 1.23 bits per heavy atom. The van der Waals surface area contributed by atoms with Crippen LogP contribution in [0.1, 0.15) is 26.0 Å². The summed E-state index contributed by atoms with van der Waals surface area (Å²) in [4.78, 5) is 30.7. The Hall–Kier alpha value is -2.89. The molecule has 0 spiro atoms. The van der Waals surface area contributed by atoms with Crippen LogP contribution in [0, 0.1) is 12.8 Å². The van der Waals surface area contributed by atoms with E-state index < -0.39 is 5.92 Å². The van der Waals surface area contributed by atoms with Crippen LogP contribution in [0.5, 0.6) is 5.75 Å². The van der Waals surface area contributed by atoms with Crippen LogP contribution >= 0.6 is 0 Å². The van der Waals surface area contributed by atoms with E-state index in [0.29, 0.717) is 12.4 Å². The molecule has 26 heavy (non-hydrogen) atoms. The smallest absolute Gasteiger partial charge is 0.230 e. The first-order valence-corrected chi connectivity index (χ1v) is 8.74. The Kier molecular flexibility index (Phi) is 5.21. The summed E-state index contributed by atoms with van der Waals surface area (Å²) >= 11 is 0. The molecular formula is C20H23N3O3. The number of pyridine rings is 1. The van der Waals surface area contributed by atoms with Crippen molar-refractivity contribution in [3.8, 4) is 5.75 Å². The topological polar surface area (TPSA) is 71.5 Å². The van der Waals surface area contributed by atoms with Crippen molar-refractivity contribution in [2.75, 3.05) is 16.8 Å². The summed E-state index contributed by atoms with van der Waals surface area (Å²) in [6.45, 7) is 6.15. The molecule has 1 aromatic carbocycles. The fraction of sp³-hybridized carbons (Fsp3) is 0.350. The van der Waals surface area contributed by atoms with E-state index in [4.69, 9.17) is 4.74 Å². The van der Waals surface area contributed by atoms with Crippen molar-refractivity contribution in [2.45, 2.75) is 33.3 Å². The minimum atomic E-state index is -0.392. The van der Waals surface area contributed by atoms with Gasteiger partial charge in [0.05, 0.1) is 12.0 Å². The predicted molar refractivity (Wildman–Crippen MR) is 100 cm³/mol. The van der Waals surface area contributed by atoms with E-state index in [-0.39, 0.29) is 24.3 Å². The monoisotopic (exact) mass is 353 g/mol. The van der Waals surface area contributed by atoms with E-state index in [9.17, 15) is 9.59 Å². The van der Waals surface area contributed by atoms with Crippen molar-refractivity contribution in [3.05, 3.63) is 48.2 Å². The number of carbonyl (C=O) groups is 2. The average Bonchev–Trinajstić information content (AvgIpc) is 2.97. The number of rotatable bonds is 5. The molecule has 2 aromatic rings. The maximum atomic E-state index is 12.5. The van der Waals surface area contributed by atoms with Gasteiger partial charge >= 0.3 is 0 Å². The van der Waals surface area contributed by atoms with Crippen molar-refractivity contribution in [1.29, 1.82) is 0 Å². The van der Waals surface area contributed by atoms with Crippen LogP contribution in [0.4, 0.5) is 11.5 Å². The third-order valence-corrected chi connectivity index (χ3v) is 4.16. The molecule has 1 N–H and O–H groups in total. The number of amides is 2. The van der Waals surface area contributed by atoms with Crippen LogP contribution in [-0.2, 0) is 9.59 Å². The van der Waals surface area contributed by atoms with Gasteiger partial charge in [-0.1, -0.05) is 6.07 Å². The molecule has 1 aliphatic heterocycles. The maximum absolute atomic E-state index is 12.5. The Labute approximate surface area is 153 Å². The van der Waals surface area contributed by atoms with Crippen LogP contribution in [-0.4, -0.2) is 29.4 Å². The SMILES string of the molecule is Cc1cccc(NC(=O)[C@H]2CC(=O)N(c3ccc(OC(C)C)cc3)C2)n1. The number of aryl methyl sites for hydroxylation is 1. The van der Waals surface area contributed by atoms with E-state index in [1.807, 2.05) is 57.2 Å². The standard InChI is InChI=1S/C20H23N3O3/c1-13(2)26-17-9-7-16(8-10-17)23-12-15(11-19(23)24)20(25)22-18-6-4-5-14(3)21-18/h4-10,13,15H,11-12H2,1-3H3,(H,21,22,25)/t15-/m0/s1. The highest BCUT2D eigenvalue weighted by molar-refractivity contribution is 6.03. The molecule has 2 amide bonds. The number of nitrogens with one attached hydrogen (secondary N) is 1. The quantitative estimate of drug-likeness (QED) is 0.896. The average molecular weight is 353 g/mol. The Balaban J connectivity index is 1.65. The molecule has 2 heterocycles. The van der Waals surface area contributed by atoms with Gasteiger partial charge in [-0.3, -0.25) is 9.59 Å². The van der Waals surface area contributed by atoms with Crippen LogP contribution in [0.25, 0.3) is 0 Å². The van der Waals surface area contributed by atoms with Crippen LogP contribution in [0.15, 0.2) is 42.5 Å². The third kappa shape index (κ3) is 4.20. The zero-order valence-corrected chi connectivity index (χ0v) is 15.2. The lowest BCUT2D eigenvalue weighted by Gasteiger charge is -2.18. The molecule has 0 radical (unpaired) electrons. The van der Waals surface area contributed by atoms with Gasteiger partial charge in [0.15, 0.2) is 0 Å². The molecule has 0 unspecified atom stereocenters. The number of ether oxygens (including phenoxy) is 1. The maximum Gasteiger partial charge on any atom is 0.230 e. The highest BCUT2D eigenvalue weighted by Gasteiger charge is 2.35. The molecule has 0 saturated carbocycles. The van der Waals surface area contributed by atoms with Gasteiger partial charge in [0, 0.05) is 24.3 Å². The van der Waals surface area contributed by atoms with E-state index in [1.54, 1.807) is 11.0 Å². The molecule has 6 nitrogen and oxygen atoms in total. The Bertz CT molecular complexity index is 802. The van der Waals surface area contributed by atoms with Crippen molar-refractivity contribution < 1.29 is 14.3 Å². The van der Waals surface area contributed by atoms with Gasteiger partial charge in [0.2, 0.25) is 11.8 Å². The normalized spacial score (nSPS) is 16.8. The second kappa shape index (κ2) is 7.56. The predicted octanol–water partition coefficient (Wildman–Crippen LogP) is 3.17. The molecule has 1 fully saturated rings. The summed E-state index contributed by atoms with van der Waals surface area (Å²) in [5.41, 5.74) is 1.60. The Morgan fingerprint density at radius 2 is 1.96 bits per heavy atom. The number of benzene rings is 1. The summed E-state index contributed by atoms with van der Waals surface area (Å²) in [6.07, 6.45) is 0.291. The second-order valence-corrected chi connectivity index (χ2v) is 6.72. The minimum absolute atomic E-state index is 0.0557. The summed E-state index contributed by atoms with van der Waals surface area (Å²) in [7, 11) is 0. The molecular weight excluding hydrogens is 330 g/mol. The first-order valence-electron chi connectivity index (χ1n) is 8.74. The Morgan fingerprint density at radius 3 is 2.62 bits per heavy atom. The lowest BCUT2D eigenvalue weighted by molar-refractivity contribution is -0.122. The summed E-state index contributed by atoms with van der Waals surface area (Å²) in [5.74, 6) is 0.640. The molecule has 136 valence electrons. The van der Waals surface area contributed by atoms with E-state index in [2.05, 4.69) is 10.3 Å². The number of hydrogen-bond donors (Lipinski definition) is 1. The molecule has 1 aliphatic rings. The molecule has 1 aromatic heterocycles. The molecule has 0 bridgehead atoms. The highest BCUT2D eigenvalue weighted by Crippen LogP contribution is 2.27. The fourth-order valence-electron chi connectivity index (χ4n) is 2.95. The fourth-order valence-corrected chi connectivity index (χ4v) is 2.95. The van der Waals surface area contributed by atoms with Gasteiger partial charge in [-0.2, -0.15) is 0 Å².